The Morgan fingerprint density at radius 2 is 1.23 bits per heavy atom. The third-order valence-corrected chi connectivity index (χ3v) is 4.95. The number of esters is 1. The van der Waals surface area contributed by atoms with Gasteiger partial charge in [-0.15, -0.1) is 0 Å². The largest absolute Gasteiger partial charge is 0.458 e. The van der Waals surface area contributed by atoms with Crippen LogP contribution in [-0.4, -0.2) is 12.6 Å². The molecule has 0 spiro atoms. The molecule has 0 atom stereocenters. The fourth-order valence-corrected chi connectivity index (χ4v) is 2.95. The molecule has 0 bridgehead atoms. The number of carbonyl (C=O) groups is 1. The summed E-state index contributed by atoms with van der Waals surface area (Å²) in [5.41, 5.74) is 12.3. The highest BCUT2D eigenvalue weighted by molar-refractivity contribution is 5.89. The van der Waals surface area contributed by atoms with Gasteiger partial charge in [0.2, 0.25) is 0 Å². The molecule has 0 saturated heterocycles. The molecule has 0 saturated carbocycles. The molecular formula is C27H39NO2. The molecule has 164 valence electrons. The third-order valence-electron chi connectivity index (χ3n) is 4.95. The zero-order valence-corrected chi connectivity index (χ0v) is 19.5. The van der Waals surface area contributed by atoms with Gasteiger partial charge in [-0.05, 0) is 103 Å². The molecule has 30 heavy (non-hydrogen) atoms. The summed E-state index contributed by atoms with van der Waals surface area (Å²) in [6, 6.07) is 6.77. The van der Waals surface area contributed by atoms with Gasteiger partial charge in [0, 0.05) is 5.69 Å². The lowest BCUT2D eigenvalue weighted by atomic mass is 10.0. The van der Waals surface area contributed by atoms with Crippen molar-refractivity contribution in [2.24, 2.45) is 0 Å². The summed E-state index contributed by atoms with van der Waals surface area (Å²) in [5, 5.41) is 0. The minimum atomic E-state index is -0.320. The van der Waals surface area contributed by atoms with Crippen LogP contribution >= 0.6 is 0 Å². The number of carbonyl (C=O) groups excluding carboxylic acids is 1. The smallest absolute Gasteiger partial charge is 0.338 e. The minimum Gasteiger partial charge on any atom is -0.458 e. The van der Waals surface area contributed by atoms with Gasteiger partial charge in [0.05, 0.1) is 5.56 Å². The summed E-state index contributed by atoms with van der Waals surface area (Å²) < 4.78 is 5.30. The van der Waals surface area contributed by atoms with E-state index in [1.54, 1.807) is 24.3 Å². The molecule has 0 amide bonds. The Bertz CT molecular complexity index is 776. The van der Waals surface area contributed by atoms with E-state index >= 15 is 0 Å². The number of allylic oxidation sites excluding steroid dienone is 7. The topological polar surface area (TPSA) is 52.3 Å². The van der Waals surface area contributed by atoms with Crippen LogP contribution in [0.2, 0.25) is 0 Å². The third kappa shape index (κ3) is 12.1. The van der Waals surface area contributed by atoms with Crippen molar-refractivity contribution >= 4 is 11.7 Å². The second kappa shape index (κ2) is 14.4. The van der Waals surface area contributed by atoms with Crippen LogP contribution in [0.5, 0.6) is 0 Å². The predicted molar refractivity (Wildman–Crippen MR) is 130 cm³/mol. The Hall–Kier alpha value is -2.55. The second-order valence-electron chi connectivity index (χ2n) is 8.27. The van der Waals surface area contributed by atoms with E-state index in [2.05, 4.69) is 52.8 Å². The average molecular weight is 410 g/mol. The first kappa shape index (κ1) is 25.5. The van der Waals surface area contributed by atoms with Gasteiger partial charge in [0.1, 0.15) is 6.61 Å². The lowest BCUT2D eigenvalue weighted by Gasteiger charge is -2.04. The predicted octanol–water partition coefficient (Wildman–Crippen LogP) is 7.57. The number of ether oxygens (including phenoxy) is 1. The molecular weight excluding hydrogens is 370 g/mol. The molecule has 2 N–H and O–H groups in total. The molecule has 1 aromatic carbocycles. The first-order valence-corrected chi connectivity index (χ1v) is 10.9. The molecule has 0 aliphatic rings. The van der Waals surface area contributed by atoms with E-state index in [4.69, 9.17) is 10.5 Å². The van der Waals surface area contributed by atoms with Crippen LogP contribution in [0.1, 0.15) is 83.5 Å². The summed E-state index contributed by atoms with van der Waals surface area (Å²) in [7, 11) is 0. The van der Waals surface area contributed by atoms with Crippen molar-refractivity contribution in [3.63, 3.8) is 0 Å². The van der Waals surface area contributed by atoms with Gasteiger partial charge in [-0.25, -0.2) is 4.79 Å². The minimum absolute atomic E-state index is 0.300. The molecule has 1 rings (SSSR count). The number of benzene rings is 1. The zero-order valence-electron chi connectivity index (χ0n) is 19.5. The molecule has 3 heteroatoms. The summed E-state index contributed by atoms with van der Waals surface area (Å²) in [6.45, 7) is 11.1. The maximum atomic E-state index is 12.0. The van der Waals surface area contributed by atoms with E-state index in [0.717, 1.165) is 38.5 Å². The quantitative estimate of drug-likeness (QED) is 0.220. The molecule has 0 unspecified atom stereocenters. The van der Waals surface area contributed by atoms with Crippen LogP contribution in [0.25, 0.3) is 0 Å². The Labute approximate surface area is 183 Å². The number of rotatable bonds is 12. The molecule has 0 aliphatic carbocycles. The van der Waals surface area contributed by atoms with E-state index in [0.29, 0.717) is 17.9 Å². The van der Waals surface area contributed by atoms with Crippen molar-refractivity contribution in [1.29, 1.82) is 0 Å². The van der Waals surface area contributed by atoms with Crippen LogP contribution in [0.4, 0.5) is 5.69 Å². The highest BCUT2D eigenvalue weighted by Gasteiger charge is 2.05. The molecule has 3 nitrogen and oxygen atoms in total. The maximum Gasteiger partial charge on any atom is 0.338 e. The van der Waals surface area contributed by atoms with Gasteiger partial charge >= 0.3 is 5.97 Å². The SMILES string of the molecule is CC(C)=CCC/C(C)=C/CCC(C)=CCC/C(C)=C/COC(=O)c1ccc(N)cc1. The van der Waals surface area contributed by atoms with E-state index in [1.165, 1.54) is 22.3 Å². The van der Waals surface area contributed by atoms with Gasteiger partial charge in [-0.3, -0.25) is 0 Å². The van der Waals surface area contributed by atoms with Crippen LogP contribution in [-0.2, 0) is 4.74 Å². The Morgan fingerprint density at radius 3 is 1.73 bits per heavy atom. The fraction of sp³-hybridized carbons (Fsp3) is 0.444. The van der Waals surface area contributed by atoms with E-state index in [1.807, 2.05) is 6.08 Å². The van der Waals surface area contributed by atoms with Crippen molar-refractivity contribution in [2.75, 3.05) is 12.3 Å². The van der Waals surface area contributed by atoms with Crippen molar-refractivity contribution in [3.8, 4) is 0 Å². The molecule has 0 heterocycles. The maximum absolute atomic E-state index is 12.0. The van der Waals surface area contributed by atoms with Gasteiger partial charge in [-0.2, -0.15) is 0 Å². The van der Waals surface area contributed by atoms with Crippen LogP contribution in [0, 0.1) is 0 Å². The molecule has 0 fully saturated rings. The molecule has 0 aliphatic heterocycles. The van der Waals surface area contributed by atoms with Crippen molar-refractivity contribution in [3.05, 3.63) is 76.4 Å². The number of hydrogen-bond donors (Lipinski definition) is 1. The summed E-state index contributed by atoms with van der Waals surface area (Å²) in [5.74, 6) is -0.320. The van der Waals surface area contributed by atoms with Crippen LogP contribution < -0.4 is 5.73 Å². The van der Waals surface area contributed by atoms with Crippen molar-refractivity contribution < 1.29 is 9.53 Å². The van der Waals surface area contributed by atoms with Crippen molar-refractivity contribution in [1.82, 2.24) is 0 Å². The number of hydrogen-bond acceptors (Lipinski definition) is 3. The monoisotopic (exact) mass is 409 g/mol. The highest BCUT2D eigenvalue weighted by Crippen LogP contribution is 2.14. The van der Waals surface area contributed by atoms with E-state index in [9.17, 15) is 4.79 Å². The normalized spacial score (nSPS) is 12.6. The number of anilines is 1. The summed E-state index contributed by atoms with van der Waals surface area (Å²) >= 11 is 0. The van der Waals surface area contributed by atoms with Crippen molar-refractivity contribution in [2.45, 2.75) is 73.1 Å². The Morgan fingerprint density at radius 1 is 0.767 bits per heavy atom. The summed E-state index contributed by atoms with van der Waals surface area (Å²) in [4.78, 5) is 12.0. The van der Waals surface area contributed by atoms with E-state index in [-0.39, 0.29) is 5.97 Å². The lowest BCUT2D eigenvalue weighted by molar-refractivity contribution is 0.0549. The Balaban J connectivity index is 2.26. The molecule has 1 aromatic rings. The van der Waals surface area contributed by atoms with Crippen LogP contribution in [0.15, 0.2) is 70.9 Å². The van der Waals surface area contributed by atoms with Crippen LogP contribution in [0.3, 0.4) is 0 Å². The van der Waals surface area contributed by atoms with Gasteiger partial charge in [0.25, 0.3) is 0 Å². The molecule has 0 aromatic heterocycles. The fourth-order valence-electron chi connectivity index (χ4n) is 2.95. The number of nitrogens with two attached hydrogens (primary N) is 1. The van der Waals surface area contributed by atoms with Gasteiger partial charge < -0.3 is 10.5 Å². The second-order valence-corrected chi connectivity index (χ2v) is 8.27. The first-order valence-electron chi connectivity index (χ1n) is 10.9. The summed E-state index contributed by atoms with van der Waals surface area (Å²) in [6.07, 6.45) is 15.5. The van der Waals surface area contributed by atoms with Gasteiger partial charge in [-0.1, -0.05) is 40.5 Å². The molecule has 0 radical (unpaired) electrons. The van der Waals surface area contributed by atoms with Gasteiger partial charge in [0.15, 0.2) is 0 Å². The number of nitrogen functional groups attached to an aromatic ring is 1. The highest BCUT2D eigenvalue weighted by atomic mass is 16.5. The van der Waals surface area contributed by atoms with E-state index < -0.39 is 0 Å². The Kier molecular flexibility index (Phi) is 12.3. The first-order chi connectivity index (χ1) is 14.3. The average Bonchev–Trinajstić information content (AvgIpc) is 2.68. The standard InChI is InChI=1S/C27H39NO2/c1-21(2)9-6-10-22(3)11-7-12-23(4)13-8-14-24(5)19-20-30-27(29)25-15-17-26(28)18-16-25/h9,11,13,15-19H,6-8,10,12,14,20,28H2,1-5H3/b22-11+,23-13?,24-19+. The zero-order chi connectivity index (χ0) is 22.4. The lowest BCUT2D eigenvalue weighted by Crippen LogP contribution is -2.05.